The van der Waals surface area contributed by atoms with E-state index in [2.05, 4.69) is 0 Å². The summed E-state index contributed by atoms with van der Waals surface area (Å²) in [5, 5.41) is -0.328. The van der Waals surface area contributed by atoms with E-state index >= 15 is 0 Å². The molecule has 1 saturated heterocycles. The monoisotopic (exact) mass is 347 g/mol. The molecule has 6 heteroatoms. The van der Waals surface area contributed by atoms with E-state index in [1.54, 1.807) is 60.2 Å². The van der Waals surface area contributed by atoms with E-state index < -0.39 is 0 Å². The van der Waals surface area contributed by atoms with Crippen LogP contribution in [0.4, 0.5) is 4.39 Å². The number of hydrogen-bond acceptors (Lipinski definition) is 4. The van der Waals surface area contributed by atoms with Crippen molar-refractivity contribution in [2.75, 3.05) is 26.5 Å². The van der Waals surface area contributed by atoms with Crippen molar-refractivity contribution in [3.05, 3.63) is 59.4 Å². The van der Waals surface area contributed by atoms with Gasteiger partial charge in [0, 0.05) is 23.9 Å². The van der Waals surface area contributed by atoms with Gasteiger partial charge >= 0.3 is 0 Å². The summed E-state index contributed by atoms with van der Waals surface area (Å²) in [5.74, 6) is 1.36. The predicted octanol–water partition coefficient (Wildman–Crippen LogP) is 3.73. The fourth-order valence-corrected chi connectivity index (χ4v) is 4.02. The van der Waals surface area contributed by atoms with E-state index in [0.717, 1.165) is 5.75 Å². The van der Waals surface area contributed by atoms with Crippen molar-refractivity contribution in [1.29, 1.82) is 0 Å². The van der Waals surface area contributed by atoms with Crippen molar-refractivity contribution in [2.45, 2.75) is 5.37 Å². The molecule has 126 valence electrons. The minimum absolute atomic E-state index is 0.173. The largest absolute Gasteiger partial charge is 0.497 e. The number of benzene rings is 2. The van der Waals surface area contributed by atoms with Gasteiger partial charge in [-0.05, 0) is 18.2 Å². The zero-order valence-corrected chi connectivity index (χ0v) is 14.3. The number of methoxy groups -OCH3 is 2. The molecule has 2 aromatic rings. The van der Waals surface area contributed by atoms with Gasteiger partial charge in [-0.15, -0.1) is 11.8 Å². The number of ether oxygens (including phenoxy) is 2. The van der Waals surface area contributed by atoms with Crippen molar-refractivity contribution >= 4 is 17.7 Å². The summed E-state index contributed by atoms with van der Waals surface area (Å²) in [6.07, 6.45) is 0. The molecule has 0 bridgehead atoms. The molecule has 24 heavy (non-hydrogen) atoms. The second-order valence-electron chi connectivity index (χ2n) is 5.31. The average Bonchev–Trinajstić information content (AvgIpc) is 3.10. The lowest BCUT2D eigenvalue weighted by Gasteiger charge is -2.25. The molecule has 0 N–H and O–H groups in total. The highest BCUT2D eigenvalue weighted by Crippen LogP contribution is 2.40. The molecule has 1 fully saturated rings. The third-order valence-electron chi connectivity index (χ3n) is 3.96. The highest BCUT2D eigenvalue weighted by molar-refractivity contribution is 7.99. The van der Waals surface area contributed by atoms with Gasteiger partial charge in [0.05, 0.1) is 19.8 Å². The lowest BCUT2D eigenvalue weighted by atomic mass is 10.1. The van der Waals surface area contributed by atoms with Crippen molar-refractivity contribution in [3.63, 3.8) is 0 Å². The molecule has 4 nitrogen and oxygen atoms in total. The molecule has 0 aromatic heterocycles. The van der Waals surface area contributed by atoms with E-state index in [1.165, 1.54) is 13.2 Å². The van der Waals surface area contributed by atoms with Crippen molar-refractivity contribution in [3.8, 4) is 11.5 Å². The van der Waals surface area contributed by atoms with E-state index in [-0.39, 0.29) is 17.1 Å². The Hall–Kier alpha value is -2.21. The summed E-state index contributed by atoms with van der Waals surface area (Å²) in [6.45, 7) is 0.567. The number of thioether (sulfide) groups is 1. The van der Waals surface area contributed by atoms with Gasteiger partial charge < -0.3 is 14.4 Å². The molecule has 1 aliphatic heterocycles. The van der Waals surface area contributed by atoms with Gasteiger partial charge in [0.1, 0.15) is 22.7 Å². The highest BCUT2D eigenvalue weighted by Gasteiger charge is 2.34. The Morgan fingerprint density at radius 3 is 2.71 bits per heavy atom. The topological polar surface area (TPSA) is 38.8 Å². The number of rotatable bonds is 4. The number of amides is 1. The van der Waals surface area contributed by atoms with Crippen LogP contribution < -0.4 is 9.47 Å². The molecule has 1 unspecified atom stereocenters. The Morgan fingerprint density at radius 1 is 1.21 bits per heavy atom. The molecule has 1 amide bonds. The van der Waals surface area contributed by atoms with Gasteiger partial charge in [0.25, 0.3) is 5.91 Å². The fourth-order valence-electron chi connectivity index (χ4n) is 2.74. The highest BCUT2D eigenvalue weighted by atomic mass is 32.2. The summed E-state index contributed by atoms with van der Waals surface area (Å²) >= 11 is 1.56. The summed E-state index contributed by atoms with van der Waals surface area (Å²) in [7, 11) is 3.07. The Kier molecular flexibility index (Phi) is 4.94. The van der Waals surface area contributed by atoms with Gasteiger partial charge in [-0.2, -0.15) is 0 Å². The first-order valence-electron chi connectivity index (χ1n) is 7.54. The quantitative estimate of drug-likeness (QED) is 0.845. The molecule has 0 aliphatic carbocycles. The van der Waals surface area contributed by atoms with E-state index in [9.17, 15) is 9.18 Å². The van der Waals surface area contributed by atoms with E-state index in [0.29, 0.717) is 29.2 Å². The summed E-state index contributed by atoms with van der Waals surface area (Å²) in [5.41, 5.74) is 0.975. The van der Waals surface area contributed by atoms with Gasteiger partial charge in [0.2, 0.25) is 0 Å². The van der Waals surface area contributed by atoms with Crippen LogP contribution >= 0.6 is 11.8 Å². The van der Waals surface area contributed by atoms with Crippen LogP contribution in [0.15, 0.2) is 42.5 Å². The minimum Gasteiger partial charge on any atom is -0.497 e. The molecule has 0 saturated carbocycles. The summed E-state index contributed by atoms with van der Waals surface area (Å²) in [4.78, 5) is 14.7. The van der Waals surface area contributed by atoms with Crippen LogP contribution in [0, 0.1) is 5.82 Å². The van der Waals surface area contributed by atoms with Crippen molar-refractivity contribution in [1.82, 2.24) is 4.90 Å². The lowest BCUT2D eigenvalue weighted by Crippen LogP contribution is -2.31. The molecule has 0 radical (unpaired) electrons. The maximum Gasteiger partial charge on any atom is 0.258 e. The van der Waals surface area contributed by atoms with Gasteiger partial charge in [0.15, 0.2) is 0 Å². The van der Waals surface area contributed by atoms with Crippen LogP contribution in [0.2, 0.25) is 0 Å². The van der Waals surface area contributed by atoms with Crippen LogP contribution in [-0.2, 0) is 0 Å². The van der Waals surface area contributed by atoms with Crippen LogP contribution in [0.3, 0.4) is 0 Å². The number of hydrogen-bond donors (Lipinski definition) is 0. The number of carbonyl (C=O) groups is 1. The van der Waals surface area contributed by atoms with Crippen LogP contribution in [0.25, 0.3) is 0 Å². The Bertz CT molecular complexity index is 753. The van der Waals surface area contributed by atoms with E-state index in [1.807, 2.05) is 0 Å². The number of nitrogens with zero attached hydrogens (tertiary/aromatic N) is 1. The third kappa shape index (κ3) is 3.06. The smallest absolute Gasteiger partial charge is 0.258 e. The SMILES string of the molecule is COc1ccc(C(=O)N2CCSC2c2ccccc2F)c(OC)c1. The first kappa shape index (κ1) is 16.6. The second-order valence-corrected chi connectivity index (χ2v) is 6.50. The zero-order chi connectivity index (χ0) is 17.1. The molecule has 3 rings (SSSR count). The van der Waals surface area contributed by atoms with E-state index in [4.69, 9.17) is 9.47 Å². The Balaban J connectivity index is 1.93. The molecular formula is C18H18FNO3S. The zero-order valence-electron chi connectivity index (χ0n) is 13.5. The first-order chi connectivity index (χ1) is 11.7. The maximum atomic E-state index is 14.1. The molecule has 1 aliphatic rings. The van der Waals surface area contributed by atoms with Crippen LogP contribution in [0.5, 0.6) is 11.5 Å². The molecule has 1 atom stereocenters. The average molecular weight is 347 g/mol. The number of carbonyl (C=O) groups excluding carboxylic acids is 1. The molecule has 2 aromatic carbocycles. The maximum absolute atomic E-state index is 14.1. The normalized spacial score (nSPS) is 17.0. The first-order valence-corrected chi connectivity index (χ1v) is 8.59. The standard InChI is InChI=1S/C18H18FNO3S/c1-22-12-7-8-14(16(11-12)23-2)17(21)20-9-10-24-18(20)13-5-3-4-6-15(13)19/h3-8,11,18H,9-10H2,1-2H3. The molecular weight excluding hydrogens is 329 g/mol. The fraction of sp³-hybridized carbons (Fsp3) is 0.278. The Labute approximate surface area is 144 Å². The van der Waals surface area contributed by atoms with Gasteiger partial charge in [-0.1, -0.05) is 18.2 Å². The van der Waals surface area contributed by atoms with Crippen molar-refractivity contribution in [2.24, 2.45) is 0 Å². The Morgan fingerprint density at radius 2 is 2.00 bits per heavy atom. The predicted molar refractivity (Wildman–Crippen MR) is 92.2 cm³/mol. The molecule has 0 spiro atoms. The minimum atomic E-state index is -0.328. The molecule has 1 heterocycles. The summed E-state index contributed by atoms with van der Waals surface area (Å²) in [6, 6.07) is 11.7. The third-order valence-corrected chi connectivity index (χ3v) is 5.20. The summed E-state index contributed by atoms with van der Waals surface area (Å²) < 4.78 is 24.6. The second kappa shape index (κ2) is 7.13. The van der Waals surface area contributed by atoms with Crippen LogP contribution in [0.1, 0.15) is 21.3 Å². The number of halogens is 1. The van der Waals surface area contributed by atoms with Gasteiger partial charge in [-0.3, -0.25) is 4.79 Å². The van der Waals surface area contributed by atoms with Crippen LogP contribution in [-0.4, -0.2) is 37.3 Å². The van der Waals surface area contributed by atoms with Gasteiger partial charge in [-0.25, -0.2) is 4.39 Å². The lowest BCUT2D eigenvalue weighted by molar-refractivity contribution is 0.0755. The van der Waals surface area contributed by atoms with Crippen molar-refractivity contribution < 1.29 is 18.7 Å².